The molecule has 11 heteroatoms. The van der Waals surface area contributed by atoms with Crippen LogP contribution in [0.15, 0.2) is 9.59 Å². The van der Waals surface area contributed by atoms with Crippen LogP contribution in [0, 0.1) is 0 Å². The van der Waals surface area contributed by atoms with E-state index in [4.69, 9.17) is 15.6 Å². The minimum absolute atomic E-state index is 0.0965. The number of carbonyl (C=O) groups excluding carboxylic acids is 1. The molecule has 1 aliphatic rings. The van der Waals surface area contributed by atoms with Crippen LogP contribution in [0.5, 0.6) is 0 Å². The molecule has 0 radical (unpaired) electrons. The molecule has 0 unspecified atom stereocenters. The van der Waals surface area contributed by atoms with Crippen LogP contribution >= 0.6 is 0 Å². The van der Waals surface area contributed by atoms with Gasteiger partial charge in [0.05, 0.1) is 19.3 Å². The van der Waals surface area contributed by atoms with Gasteiger partial charge in [-0.25, -0.2) is 9.36 Å². The lowest BCUT2D eigenvalue weighted by atomic mass is 10.2. The van der Waals surface area contributed by atoms with Crippen molar-refractivity contribution in [3.8, 4) is 0 Å². The number of hydrogen-bond acceptors (Lipinski definition) is 8. The van der Waals surface area contributed by atoms with Crippen molar-refractivity contribution in [2.75, 3.05) is 12.3 Å². The predicted octanol–water partition coefficient (Wildman–Crippen LogP) is -2.69. The average molecular weight is 325 g/mol. The van der Waals surface area contributed by atoms with E-state index in [0.29, 0.717) is 6.29 Å². The Bertz CT molecular complexity index is 867. The molecule has 0 amide bonds. The average Bonchev–Trinajstić information content (AvgIpc) is 2.98. The van der Waals surface area contributed by atoms with E-state index in [9.17, 15) is 19.5 Å². The van der Waals surface area contributed by atoms with Crippen LogP contribution in [-0.2, 0) is 16.1 Å². The van der Waals surface area contributed by atoms with Crippen molar-refractivity contribution >= 4 is 23.4 Å². The van der Waals surface area contributed by atoms with Gasteiger partial charge in [0.1, 0.15) is 12.4 Å². The summed E-state index contributed by atoms with van der Waals surface area (Å²) in [4.78, 5) is 41.6. The summed E-state index contributed by atoms with van der Waals surface area (Å²) < 4.78 is 7.34. The van der Waals surface area contributed by atoms with Crippen LogP contribution < -0.4 is 17.0 Å². The molecule has 11 nitrogen and oxygen atoms in total. The molecule has 3 atom stereocenters. The van der Waals surface area contributed by atoms with Crippen LogP contribution in [0.3, 0.4) is 0 Å². The molecular formula is C12H15N5O6. The molecule has 23 heavy (non-hydrogen) atoms. The van der Waals surface area contributed by atoms with Gasteiger partial charge in [0.15, 0.2) is 17.4 Å². The smallest absolute Gasteiger partial charge is 0.333 e. The highest BCUT2D eigenvalue weighted by Crippen LogP contribution is 2.29. The highest BCUT2D eigenvalue weighted by Gasteiger charge is 2.38. The molecule has 124 valence electrons. The molecule has 0 aromatic carbocycles. The SMILES string of the molecule is Nc1nc2c(c(=O)[nH]1)n(CC=O)c(=O)n2[C@@H]1O[C@H](CO)C[C@H]1O. The van der Waals surface area contributed by atoms with Gasteiger partial charge in [-0.05, 0) is 0 Å². The maximum Gasteiger partial charge on any atom is 0.333 e. The standard InChI is InChI=1S/C12H15N5O6/c13-11-14-8-7(9(21)15-11)16(1-2-18)12(22)17(8)10-6(20)3-5(4-19)23-10/h2,5-6,10,19-20H,1,3-4H2,(H3,13,14,15,21)/t5-,6+,10+/m0/s1. The summed E-state index contributed by atoms with van der Waals surface area (Å²) in [6.07, 6.45) is -2.28. The number of aromatic nitrogens is 4. The Balaban J connectivity index is 2.29. The van der Waals surface area contributed by atoms with Gasteiger partial charge in [-0.15, -0.1) is 0 Å². The number of aliphatic hydroxyl groups is 2. The topological polar surface area (TPSA) is 165 Å². The Morgan fingerprint density at radius 3 is 2.83 bits per heavy atom. The largest absolute Gasteiger partial charge is 0.394 e. The monoisotopic (exact) mass is 325 g/mol. The lowest BCUT2D eigenvalue weighted by molar-refractivity contribution is -0.108. The molecule has 0 spiro atoms. The Kier molecular flexibility index (Phi) is 3.75. The zero-order valence-corrected chi connectivity index (χ0v) is 11.9. The molecule has 0 aliphatic carbocycles. The number of fused-ring (bicyclic) bond motifs is 1. The van der Waals surface area contributed by atoms with E-state index in [0.717, 1.165) is 9.13 Å². The first-order valence-corrected chi connectivity index (χ1v) is 6.86. The third kappa shape index (κ3) is 2.34. The molecule has 0 bridgehead atoms. The first-order chi connectivity index (χ1) is 11.0. The van der Waals surface area contributed by atoms with Gasteiger partial charge < -0.3 is 25.5 Å². The lowest BCUT2D eigenvalue weighted by Gasteiger charge is -2.15. The summed E-state index contributed by atoms with van der Waals surface area (Å²) in [6, 6.07) is 0. The number of nitrogens with one attached hydrogen (secondary N) is 1. The number of ether oxygens (including phenoxy) is 1. The van der Waals surface area contributed by atoms with Crippen LogP contribution in [0.2, 0.25) is 0 Å². The lowest BCUT2D eigenvalue weighted by Crippen LogP contribution is -2.32. The van der Waals surface area contributed by atoms with Crippen molar-refractivity contribution in [2.24, 2.45) is 0 Å². The van der Waals surface area contributed by atoms with E-state index in [-0.39, 0.29) is 36.7 Å². The van der Waals surface area contributed by atoms with Gasteiger partial charge in [0.25, 0.3) is 5.56 Å². The fourth-order valence-corrected chi connectivity index (χ4v) is 2.75. The number of carbonyl (C=O) groups is 1. The van der Waals surface area contributed by atoms with E-state index in [2.05, 4.69) is 9.97 Å². The van der Waals surface area contributed by atoms with E-state index in [1.807, 2.05) is 0 Å². The van der Waals surface area contributed by atoms with Gasteiger partial charge in [-0.2, -0.15) is 4.98 Å². The van der Waals surface area contributed by atoms with Crippen molar-refractivity contribution in [3.63, 3.8) is 0 Å². The maximum absolute atomic E-state index is 12.5. The zero-order valence-electron chi connectivity index (χ0n) is 11.9. The number of nitrogens with two attached hydrogens (primary N) is 1. The molecule has 5 N–H and O–H groups in total. The zero-order chi connectivity index (χ0) is 16.7. The van der Waals surface area contributed by atoms with Crippen LogP contribution in [0.4, 0.5) is 5.95 Å². The summed E-state index contributed by atoms with van der Waals surface area (Å²) >= 11 is 0. The molecule has 3 heterocycles. The first-order valence-electron chi connectivity index (χ1n) is 6.86. The highest BCUT2D eigenvalue weighted by molar-refractivity contribution is 5.73. The van der Waals surface area contributed by atoms with Crippen molar-refractivity contribution in [3.05, 3.63) is 20.8 Å². The molecule has 1 aliphatic heterocycles. The number of aromatic amines is 1. The van der Waals surface area contributed by atoms with Crippen molar-refractivity contribution < 1.29 is 19.7 Å². The number of aliphatic hydroxyl groups excluding tert-OH is 2. The van der Waals surface area contributed by atoms with Gasteiger partial charge in [-0.3, -0.25) is 14.3 Å². The normalized spacial score (nSPS) is 24.3. The van der Waals surface area contributed by atoms with Crippen molar-refractivity contribution in [1.82, 2.24) is 19.1 Å². The number of imidazole rings is 1. The Labute approximate surface area is 127 Å². The molecule has 0 saturated carbocycles. The van der Waals surface area contributed by atoms with Crippen LogP contribution in [0.1, 0.15) is 12.6 Å². The maximum atomic E-state index is 12.5. The molecular weight excluding hydrogens is 310 g/mol. The molecule has 2 aromatic heterocycles. The van der Waals surface area contributed by atoms with Crippen LogP contribution in [0.25, 0.3) is 11.2 Å². The quantitative estimate of drug-likeness (QED) is 0.441. The summed E-state index contributed by atoms with van der Waals surface area (Å²) in [5.74, 6) is -0.217. The van der Waals surface area contributed by atoms with Gasteiger partial charge >= 0.3 is 5.69 Å². The number of anilines is 1. The third-order valence-electron chi connectivity index (χ3n) is 3.71. The van der Waals surface area contributed by atoms with Crippen molar-refractivity contribution in [1.29, 1.82) is 0 Å². The molecule has 3 rings (SSSR count). The van der Waals surface area contributed by atoms with Crippen molar-refractivity contribution in [2.45, 2.75) is 31.4 Å². The summed E-state index contributed by atoms with van der Waals surface area (Å²) in [6.45, 7) is -0.686. The van der Waals surface area contributed by atoms with E-state index >= 15 is 0 Å². The Hall–Kier alpha value is -2.50. The van der Waals surface area contributed by atoms with E-state index in [1.54, 1.807) is 0 Å². The fraction of sp³-hybridized carbons (Fsp3) is 0.500. The van der Waals surface area contributed by atoms with Crippen LogP contribution in [-0.4, -0.2) is 54.4 Å². The number of nitrogens with zero attached hydrogens (tertiary/aromatic N) is 3. The second-order valence-electron chi connectivity index (χ2n) is 5.19. The van der Waals surface area contributed by atoms with E-state index < -0.39 is 29.7 Å². The minimum atomic E-state index is -1.14. The predicted molar refractivity (Wildman–Crippen MR) is 76.7 cm³/mol. The highest BCUT2D eigenvalue weighted by atomic mass is 16.5. The van der Waals surface area contributed by atoms with Gasteiger partial charge in [-0.1, -0.05) is 0 Å². The number of hydrogen-bond donors (Lipinski definition) is 4. The number of aldehydes is 1. The second kappa shape index (κ2) is 5.61. The number of nitrogen functional groups attached to an aromatic ring is 1. The second-order valence-corrected chi connectivity index (χ2v) is 5.19. The van der Waals surface area contributed by atoms with Gasteiger partial charge in [0.2, 0.25) is 5.95 Å². The molecule has 2 aromatic rings. The fourth-order valence-electron chi connectivity index (χ4n) is 2.75. The third-order valence-corrected chi connectivity index (χ3v) is 3.71. The molecule has 1 saturated heterocycles. The Morgan fingerprint density at radius 1 is 1.48 bits per heavy atom. The summed E-state index contributed by atoms with van der Waals surface area (Å²) in [5.41, 5.74) is 3.85. The minimum Gasteiger partial charge on any atom is -0.394 e. The molecule has 1 fully saturated rings. The number of H-pyrrole nitrogens is 1. The Morgan fingerprint density at radius 2 is 2.22 bits per heavy atom. The number of rotatable bonds is 4. The van der Waals surface area contributed by atoms with E-state index in [1.165, 1.54) is 0 Å². The summed E-state index contributed by atoms with van der Waals surface area (Å²) in [7, 11) is 0. The summed E-state index contributed by atoms with van der Waals surface area (Å²) in [5, 5.41) is 19.2. The first kappa shape index (κ1) is 15.4. The van der Waals surface area contributed by atoms with Gasteiger partial charge in [0, 0.05) is 6.42 Å².